The van der Waals surface area contributed by atoms with Gasteiger partial charge in [-0.2, -0.15) is 0 Å². The summed E-state index contributed by atoms with van der Waals surface area (Å²) in [5.41, 5.74) is 0.346. The molecule has 1 heterocycles. The molecular formula is C15H13NO5S2. The van der Waals surface area contributed by atoms with Crippen LogP contribution in [-0.2, 0) is 9.59 Å². The van der Waals surface area contributed by atoms with E-state index in [1.165, 1.54) is 35.2 Å². The lowest BCUT2D eigenvalue weighted by Crippen LogP contribution is -2.29. The highest BCUT2D eigenvalue weighted by Crippen LogP contribution is 2.31. The first-order valence-electron chi connectivity index (χ1n) is 6.69. The molecule has 0 radical (unpaired) electrons. The molecule has 0 bridgehead atoms. The molecule has 1 fully saturated rings. The summed E-state index contributed by atoms with van der Waals surface area (Å²) in [6.45, 7) is 0.210. The SMILES string of the molecule is O=C(O)CCCN1C(=O)C(=CC(=O)c2ccc(O)cc2)SC1=S. The van der Waals surface area contributed by atoms with Gasteiger partial charge in [0, 0.05) is 24.6 Å². The summed E-state index contributed by atoms with van der Waals surface area (Å²) in [5.74, 6) is -1.65. The maximum Gasteiger partial charge on any atom is 0.303 e. The van der Waals surface area contributed by atoms with E-state index in [9.17, 15) is 19.5 Å². The summed E-state index contributed by atoms with van der Waals surface area (Å²) in [6.07, 6.45) is 1.45. The second-order valence-electron chi connectivity index (χ2n) is 4.74. The maximum absolute atomic E-state index is 12.2. The fraction of sp³-hybridized carbons (Fsp3) is 0.200. The van der Waals surface area contributed by atoms with E-state index in [4.69, 9.17) is 17.3 Å². The van der Waals surface area contributed by atoms with Gasteiger partial charge in [0.1, 0.15) is 10.1 Å². The van der Waals surface area contributed by atoms with Crippen molar-refractivity contribution in [2.45, 2.75) is 12.8 Å². The zero-order valence-corrected chi connectivity index (χ0v) is 13.5. The van der Waals surface area contributed by atoms with E-state index in [0.29, 0.717) is 16.3 Å². The van der Waals surface area contributed by atoms with Gasteiger partial charge in [-0.1, -0.05) is 24.0 Å². The van der Waals surface area contributed by atoms with Crippen molar-refractivity contribution in [3.63, 3.8) is 0 Å². The molecular weight excluding hydrogens is 338 g/mol. The van der Waals surface area contributed by atoms with E-state index in [-0.39, 0.29) is 29.4 Å². The minimum Gasteiger partial charge on any atom is -0.508 e. The van der Waals surface area contributed by atoms with Gasteiger partial charge in [0.2, 0.25) is 0 Å². The Balaban J connectivity index is 2.07. The fourth-order valence-electron chi connectivity index (χ4n) is 1.91. The molecule has 0 saturated carbocycles. The summed E-state index contributed by atoms with van der Waals surface area (Å²) in [6, 6.07) is 5.69. The molecule has 1 aromatic rings. The number of benzene rings is 1. The largest absolute Gasteiger partial charge is 0.508 e. The van der Waals surface area contributed by atoms with Crippen LogP contribution in [0.5, 0.6) is 5.75 Å². The van der Waals surface area contributed by atoms with Crippen molar-refractivity contribution in [2.75, 3.05) is 6.54 Å². The van der Waals surface area contributed by atoms with E-state index < -0.39 is 11.9 Å². The molecule has 1 aromatic carbocycles. The van der Waals surface area contributed by atoms with Gasteiger partial charge in [-0.05, 0) is 30.7 Å². The van der Waals surface area contributed by atoms with Crippen LogP contribution in [0.1, 0.15) is 23.2 Å². The molecule has 1 saturated heterocycles. The summed E-state index contributed by atoms with van der Waals surface area (Å²) in [5, 5.41) is 17.8. The summed E-state index contributed by atoms with van der Waals surface area (Å²) in [7, 11) is 0. The number of hydrogen-bond donors (Lipinski definition) is 2. The monoisotopic (exact) mass is 351 g/mol. The third-order valence-corrected chi connectivity index (χ3v) is 4.44. The number of thiocarbonyl (C=S) groups is 1. The van der Waals surface area contributed by atoms with Crippen molar-refractivity contribution >= 4 is 46.0 Å². The van der Waals surface area contributed by atoms with Crippen LogP contribution in [0, 0.1) is 0 Å². The number of phenolic OH excluding ortho intramolecular Hbond substituents is 1. The third kappa shape index (κ3) is 4.40. The smallest absolute Gasteiger partial charge is 0.303 e. The zero-order valence-electron chi connectivity index (χ0n) is 11.9. The summed E-state index contributed by atoms with van der Waals surface area (Å²) in [4.78, 5) is 36.4. The Morgan fingerprint density at radius 3 is 2.52 bits per heavy atom. The number of hydrogen-bond acceptors (Lipinski definition) is 6. The Kier molecular flexibility index (Phi) is 5.51. The number of phenols is 1. The number of thioether (sulfide) groups is 1. The number of aliphatic carboxylic acids is 1. The predicted molar refractivity (Wildman–Crippen MR) is 89.3 cm³/mol. The van der Waals surface area contributed by atoms with Crippen LogP contribution in [0.25, 0.3) is 0 Å². The standard InChI is InChI=1S/C15H13NO5S2/c17-10-5-3-9(4-6-10)11(18)8-12-14(21)16(15(22)23-12)7-1-2-13(19)20/h3-6,8,17H,1-2,7H2,(H,19,20). The molecule has 1 aliphatic heterocycles. The molecule has 6 nitrogen and oxygen atoms in total. The predicted octanol–water partition coefficient (Wildman–Crippen LogP) is 2.18. The van der Waals surface area contributed by atoms with Gasteiger partial charge in [0.25, 0.3) is 5.91 Å². The molecule has 0 aliphatic carbocycles. The van der Waals surface area contributed by atoms with Gasteiger partial charge in [-0.3, -0.25) is 19.3 Å². The number of aromatic hydroxyl groups is 1. The van der Waals surface area contributed by atoms with E-state index in [2.05, 4.69) is 0 Å². The van der Waals surface area contributed by atoms with Crippen molar-refractivity contribution < 1.29 is 24.6 Å². The molecule has 0 aromatic heterocycles. The van der Waals surface area contributed by atoms with Crippen LogP contribution >= 0.6 is 24.0 Å². The number of amides is 1. The first kappa shape index (κ1) is 17.2. The van der Waals surface area contributed by atoms with E-state index >= 15 is 0 Å². The molecule has 1 aliphatic rings. The first-order valence-corrected chi connectivity index (χ1v) is 7.91. The number of allylic oxidation sites excluding steroid dienone is 1. The zero-order chi connectivity index (χ0) is 17.0. The third-order valence-electron chi connectivity index (χ3n) is 3.06. The summed E-state index contributed by atoms with van der Waals surface area (Å²) >= 11 is 6.11. The topological polar surface area (TPSA) is 94.9 Å². The molecule has 0 unspecified atom stereocenters. The van der Waals surface area contributed by atoms with E-state index in [0.717, 1.165) is 11.8 Å². The van der Waals surface area contributed by atoms with Gasteiger partial charge in [0.15, 0.2) is 5.78 Å². The Hall–Kier alpha value is -2.19. The first-order chi connectivity index (χ1) is 10.9. The van der Waals surface area contributed by atoms with Crippen LogP contribution in [0.15, 0.2) is 35.2 Å². The lowest BCUT2D eigenvalue weighted by Gasteiger charge is -2.13. The molecule has 0 spiro atoms. The van der Waals surface area contributed by atoms with E-state index in [1.54, 1.807) is 0 Å². The average molecular weight is 351 g/mol. The van der Waals surface area contributed by atoms with Crippen molar-refractivity contribution in [3.8, 4) is 5.75 Å². The van der Waals surface area contributed by atoms with Crippen molar-refractivity contribution in [2.24, 2.45) is 0 Å². The van der Waals surface area contributed by atoms with Crippen LogP contribution in [0.2, 0.25) is 0 Å². The highest BCUT2D eigenvalue weighted by molar-refractivity contribution is 8.26. The van der Waals surface area contributed by atoms with Crippen molar-refractivity contribution in [1.82, 2.24) is 4.90 Å². The number of carboxylic acid groups (broad SMARTS) is 1. The Morgan fingerprint density at radius 1 is 1.26 bits per heavy atom. The van der Waals surface area contributed by atoms with E-state index in [1.807, 2.05) is 0 Å². The molecule has 8 heteroatoms. The van der Waals surface area contributed by atoms with Crippen LogP contribution < -0.4 is 0 Å². The van der Waals surface area contributed by atoms with Gasteiger partial charge >= 0.3 is 5.97 Å². The van der Waals surface area contributed by atoms with Crippen LogP contribution in [-0.4, -0.2) is 43.6 Å². The van der Waals surface area contributed by atoms with Crippen molar-refractivity contribution in [1.29, 1.82) is 0 Å². The second-order valence-corrected chi connectivity index (χ2v) is 6.42. The highest BCUT2D eigenvalue weighted by atomic mass is 32.2. The quantitative estimate of drug-likeness (QED) is 0.461. The number of carbonyl (C=O) groups excluding carboxylic acids is 2. The fourth-order valence-corrected chi connectivity index (χ4v) is 3.19. The molecule has 0 atom stereocenters. The lowest BCUT2D eigenvalue weighted by molar-refractivity contribution is -0.137. The number of carboxylic acids is 1. The van der Waals surface area contributed by atoms with Gasteiger partial charge in [0.05, 0.1) is 4.91 Å². The van der Waals surface area contributed by atoms with Crippen LogP contribution in [0.3, 0.4) is 0 Å². The summed E-state index contributed by atoms with van der Waals surface area (Å²) < 4.78 is 0.310. The molecule has 120 valence electrons. The number of nitrogens with zero attached hydrogens (tertiary/aromatic N) is 1. The number of carbonyl (C=O) groups is 3. The number of ketones is 1. The minimum atomic E-state index is -0.937. The Morgan fingerprint density at radius 2 is 1.91 bits per heavy atom. The lowest BCUT2D eigenvalue weighted by atomic mass is 10.1. The van der Waals surface area contributed by atoms with Crippen molar-refractivity contribution in [3.05, 3.63) is 40.8 Å². The van der Waals surface area contributed by atoms with Gasteiger partial charge in [-0.25, -0.2) is 0 Å². The number of rotatable bonds is 6. The Bertz CT molecular complexity index is 696. The molecule has 1 amide bonds. The maximum atomic E-state index is 12.2. The minimum absolute atomic E-state index is 0.0475. The average Bonchev–Trinajstić information content (AvgIpc) is 2.75. The normalized spacial score (nSPS) is 16.2. The molecule has 23 heavy (non-hydrogen) atoms. The highest BCUT2D eigenvalue weighted by Gasteiger charge is 2.32. The van der Waals surface area contributed by atoms with Gasteiger partial charge in [-0.15, -0.1) is 0 Å². The van der Waals surface area contributed by atoms with Crippen LogP contribution in [0.4, 0.5) is 0 Å². The van der Waals surface area contributed by atoms with Gasteiger partial charge < -0.3 is 10.2 Å². The Labute approximate surface area is 141 Å². The molecule has 2 N–H and O–H groups in total. The molecule has 2 rings (SSSR count). The second kappa shape index (κ2) is 7.38.